The molecule has 96 valence electrons. The lowest BCUT2D eigenvalue weighted by molar-refractivity contribution is 0.561. The number of rotatable bonds is 3. The monoisotopic (exact) mass is 269 g/mol. The molecule has 1 aromatic carbocycles. The lowest BCUT2D eigenvalue weighted by Crippen LogP contribution is -2.30. The molecule has 0 saturated heterocycles. The highest BCUT2D eigenvalue weighted by atomic mass is 35.5. The summed E-state index contributed by atoms with van der Waals surface area (Å²) in [4.78, 5) is 0. The normalized spacial score (nSPS) is 12.7. The fraction of sp³-hybridized carbons (Fsp3) is 0.182. The largest absolute Gasteiger partial charge is 0.384 e. The van der Waals surface area contributed by atoms with E-state index in [4.69, 9.17) is 23.2 Å². The first-order valence-electron chi connectivity index (χ1n) is 5.23. The van der Waals surface area contributed by atoms with Crippen molar-refractivity contribution < 1.29 is 4.39 Å². The van der Waals surface area contributed by atoms with E-state index < -0.39 is 11.9 Å². The van der Waals surface area contributed by atoms with Crippen LogP contribution in [0.25, 0.3) is 0 Å². The van der Waals surface area contributed by atoms with E-state index in [2.05, 4.69) is 10.5 Å². The fourth-order valence-corrected chi connectivity index (χ4v) is 1.93. The molecule has 0 aliphatic rings. The lowest BCUT2D eigenvalue weighted by Gasteiger charge is -2.16. The number of hydrogen-bond acceptors (Lipinski definition) is 4. The van der Waals surface area contributed by atoms with Crippen LogP contribution in [0.1, 0.15) is 17.2 Å². The first-order chi connectivity index (χ1) is 8.54. The van der Waals surface area contributed by atoms with Crippen LogP contribution < -0.4 is 17.0 Å². The number of benzene rings is 1. The van der Waals surface area contributed by atoms with Crippen molar-refractivity contribution in [3.05, 3.63) is 46.4 Å². The molecule has 0 bridgehead atoms. The molecule has 0 saturated carbocycles. The van der Waals surface area contributed by atoms with Gasteiger partial charge in [0.1, 0.15) is 11.6 Å². The molecule has 0 spiro atoms. The molecule has 2 aromatic rings. The number of hydrogen-bond donors (Lipinski definition) is 3. The van der Waals surface area contributed by atoms with Gasteiger partial charge in [0.2, 0.25) is 0 Å². The molecular weight excluding hydrogens is 257 g/mol. The molecule has 0 amide bonds. The van der Waals surface area contributed by atoms with Crippen molar-refractivity contribution in [2.75, 3.05) is 5.73 Å². The molecule has 0 aliphatic carbocycles. The first kappa shape index (κ1) is 12.8. The van der Waals surface area contributed by atoms with Gasteiger partial charge in [-0.3, -0.25) is 10.5 Å². The second-order valence-corrected chi connectivity index (χ2v) is 4.31. The zero-order valence-corrected chi connectivity index (χ0v) is 10.4. The smallest absolute Gasteiger partial charge is 0.129 e. The van der Waals surface area contributed by atoms with Gasteiger partial charge in [-0.2, -0.15) is 5.10 Å². The summed E-state index contributed by atoms with van der Waals surface area (Å²) >= 11 is 5.71. The predicted molar refractivity (Wildman–Crippen MR) is 68.2 cm³/mol. The number of anilines is 1. The van der Waals surface area contributed by atoms with E-state index in [1.54, 1.807) is 25.4 Å². The Labute approximate surface area is 108 Å². The van der Waals surface area contributed by atoms with Gasteiger partial charge in [0, 0.05) is 23.2 Å². The van der Waals surface area contributed by atoms with Crippen molar-refractivity contribution in [2.45, 2.75) is 6.04 Å². The third-order valence-corrected chi connectivity index (χ3v) is 3.00. The number of halogens is 2. The quantitative estimate of drug-likeness (QED) is 0.580. The summed E-state index contributed by atoms with van der Waals surface area (Å²) in [6.45, 7) is 0. The molecule has 1 atom stereocenters. The fourth-order valence-electron chi connectivity index (χ4n) is 1.77. The third kappa shape index (κ3) is 2.17. The Kier molecular flexibility index (Phi) is 3.51. The van der Waals surface area contributed by atoms with Crippen LogP contribution >= 0.6 is 11.6 Å². The highest BCUT2D eigenvalue weighted by Gasteiger charge is 2.21. The van der Waals surface area contributed by atoms with Crippen LogP contribution in [0.3, 0.4) is 0 Å². The number of nitrogens with one attached hydrogen (secondary N) is 1. The van der Waals surface area contributed by atoms with Gasteiger partial charge in [0.25, 0.3) is 0 Å². The van der Waals surface area contributed by atoms with Crippen molar-refractivity contribution in [3.63, 3.8) is 0 Å². The highest BCUT2D eigenvalue weighted by molar-refractivity contribution is 6.30. The number of nitrogen functional groups attached to an aromatic ring is 1. The number of hydrazine groups is 1. The van der Waals surface area contributed by atoms with Crippen LogP contribution in [-0.4, -0.2) is 9.78 Å². The highest BCUT2D eigenvalue weighted by Crippen LogP contribution is 2.28. The summed E-state index contributed by atoms with van der Waals surface area (Å²) in [5.41, 5.74) is 9.36. The minimum Gasteiger partial charge on any atom is -0.384 e. The molecule has 18 heavy (non-hydrogen) atoms. The van der Waals surface area contributed by atoms with Gasteiger partial charge in [0.05, 0.1) is 12.2 Å². The first-order valence-corrected chi connectivity index (χ1v) is 5.61. The number of nitrogens with two attached hydrogens (primary N) is 2. The van der Waals surface area contributed by atoms with E-state index >= 15 is 0 Å². The van der Waals surface area contributed by atoms with Crippen molar-refractivity contribution in [3.8, 4) is 0 Å². The van der Waals surface area contributed by atoms with Crippen LogP contribution in [0.2, 0.25) is 5.02 Å². The molecule has 0 radical (unpaired) electrons. The molecule has 0 aliphatic heterocycles. The van der Waals surface area contributed by atoms with Crippen LogP contribution in [0.4, 0.5) is 10.2 Å². The molecule has 1 unspecified atom stereocenters. The number of nitrogens with zero attached hydrogens (tertiary/aromatic N) is 2. The van der Waals surface area contributed by atoms with Crippen LogP contribution in [0.5, 0.6) is 0 Å². The lowest BCUT2D eigenvalue weighted by atomic mass is 10.0. The zero-order chi connectivity index (χ0) is 13.3. The maximum absolute atomic E-state index is 13.9. The van der Waals surface area contributed by atoms with Crippen molar-refractivity contribution >= 4 is 17.4 Å². The summed E-state index contributed by atoms with van der Waals surface area (Å²) in [6.07, 6.45) is 1.55. The molecule has 7 heteroatoms. The Morgan fingerprint density at radius 2 is 2.17 bits per heavy atom. The minimum atomic E-state index is -0.573. The van der Waals surface area contributed by atoms with Gasteiger partial charge in [-0.05, 0) is 12.1 Å². The SMILES string of the molecule is Cn1ncc(C(NN)c2ccc(Cl)cc2F)c1N. The topological polar surface area (TPSA) is 81.9 Å². The van der Waals surface area contributed by atoms with Gasteiger partial charge >= 0.3 is 0 Å². The predicted octanol–water partition coefficient (Wildman–Crippen LogP) is 1.35. The van der Waals surface area contributed by atoms with Crippen molar-refractivity contribution in [2.24, 2.45) is 12.9 Å². The summed E-state index contributed by atoms with van der Waals surface area (Å²) in [7, 11) is 1.70. The Hall–Kier alpha value is -1.63. The Morgan fingerprint density at radius 1 is 1.44 bits per heavy atom. The molecule has 1 heterocycles. The van der Waals surface area contributed by atoms with Crippen molar-refractivity contribution in [1.82, 2.24) is 15.2 Å². The molecule has 5 nitrogen and oxygen atoms in total. The molecule has 0 fully saturated rings. The summed E-state index contributed by atoms with van der Waals surface area (Å²) < 4.78 is 15.4. The van der Waals surface area contributed by atoms with Gasteiger partial charge in [-0.25, -0.2) is 9.82 Å². The van der Waals surface area contributed by atoms with E-state index in [1.165, 1.54) is 10.7 Å². The maximum atomic E-state index is 13.9. The number of aryl methyl sites for hydroxylation is 1. The summed E-state index contributed by atoms with van der Waals surface area (Å²) in [5, 5.41) is 4.33. The van der Waals surface area contributed by atoms with Crippen molar-refractivity contribution in [1.29, 1.82) is 0 Å². The second-order valence-electron chi connectivity index (χ2n) is 3.87. The van der Waals surface area contributed by atoms with Gasteiger partial charge < -0.3 is 5.73 Å². The van der Waals surface area contributed by atoms with E-state index in [0.717, 1.165) is 0 Å². The molecular formula is C11H13ClFN5. The standard InChI is InChI=1S/C11H13ClFN5/c1-18-11(14)8(5-16-18)10(17-15)7-3-2-6(12)4-9(7)13/h2-5,10,17H,14-15H2,1H3. The summed E-state index contributed by atoms with van der Waals surface area (Å²) in [6, 6.07) is 3.82. The Bertz CT molecular complexity index is 569. The van der Waals surface area contributed by atoms with E-state index in [0.29, 0.717) is 22.0 Å². The Balaban J connectivity index is 2.48. The zero-order valence-electron chi connectivity index (χ0n) is 9.69. The molecule has 1 aromatic heterocycles. The maximum Gasteiger partial charge on any atom is 0.129 e. The third-order valence-electron chi connectivity index (χ3n) is 2.77. The average molecular weight is 270 g/mol. The second kappa shape index (κ2) is 4.93. The molecule has 2 rings (SSSR count). The number of aromatic nitrogens is 2. The van der Waals surface area contributed by atoms with E-state index in [9.17, 15) is 4.39 Å². The van der Waals surface area contributed by atoms with E-state index in [-0.39, 0.29) is 0 Å². The van der Waals surface area contributed by atoms with Crippen LogP contribution in [0.15, 0.2) is 24.4 Å². The summed E-state index contributed by atoms with van der Waals surface area (Å²) in [5.74, 6) is 5.45. The molecule has 5 N–H and O–H groups in total. The van der Waals surface area contributed by atoms with E-state index in [1.807, 2.05) is 0 Å². The van der Waals surface area contributed by atoms with Gasteiger partial charge in [-0.1, -0.05) is 17.7 Å². The average Bonchev–Trinajstić information content (AvgIpc) is 2.65. The Morgan fingerprint density at radius 3 is 2.67 bits per heavy atom. The van der Waals surface area contributed by atoms with Crippen LogP contribution in [-0.2, 0) is 7.05 Å². The van der Waals surface area contributed by atoms with Crippen LogP contribution in [0, 0.1) is 5.82 Å². The van der Waals surface area contributed by atoms with Gasteiger partial charge in [-0.15, -0.1) is 0 Å². The van der Waals surface area contributed by atoms with Gasteiger partial charge in [0.15, 0.2) is 0 Å². The minimum absolute atomic E-state index is 0.325.